The molecule has 3 aromatic carbocycles. The van der Waals surface area contributed by atoms with Crippen LogP contribution in [0, 0.1) is 0 Å². The van der Waals surface area contributed by atoms with E-state index in [2.05, 4.69) is 61.2 Å². The summed E-state index contributed by atoms with van der Waals surface area (Å²) in [7, 11) is 0. The third-order valence-corrected chi connectivity index (χ3v) is 3.58. The molecule has 0 radical (unpaired) electrons. The van der Waals surface area contributed by atoms with Crippen LogP contribution in [0.3, 0.4) is 0 Å². The number of hydrogen-bond donors (Lipinski definition) is 1. The molecule has 0 spiro atoms. The predicted molar refractivity (Wildman–Crippen MR) is 83.2 cm³/mol. The number of nitrogens with two attached hydrogens (primary N) is 1. The van der Waals surface area contributed by atoms with Crippen molar-refractivity contribution < 1.29 is 0 Å². The fourth-order valence-corrected chi connectivity index (χ4v) is 2.50. The van der Waals surface area contributed by atoms with Crippen LogP contribution in [-0.4, -0.2) is 0 Å². The predicted octanol–water partition coefficient (Wildman–Crippen LogP) is 4.57. The Morgan fingerprint density at radius 2 is 1.53 bits per heavy atom. The van der Waals surface area contributed by atoms with Crippen LogP contribution in [0.4, 0.5) is 0 Å². The smallest absolute Gasteiger partial charge is 0.0329 e. The summed E-state index contributed by atoms with van der Waals surface area (Å²) in [5.74, 6) is 0. The van der Waals surface area contributed by atoms with Crippen LogP contribution in [0.25, 0.3) is 21.5 Å². The minimum Gasteiger partial charge on any atom is -0.324 e. The summed E-state index contributed by atoms with van der Waals surface area (Å²) >= 11 is 0. The van der Waals surface area contributed by atoms with Gasteiger partial charge in [-0.3, -0.25) is 0 Å². The highest BCUT2D eigenvalue weighted by Crippen LogP contribution is 2.26. The van der Waals surface area contributed by atoms with Gasteiger partial charge in [0.15, 0.2) is 0 Å². The molecular formula is C18H17N. The lowest BCUT2D eigenvalue weighted by Crippen LogP contribution is -2.08. The molecule has 94 valence electrons. The summed E-state index contributed by atoms with van der Waals surface area (Å²) in [5, 5.41) is 5.05. The highest BCUT2D eigenvalue weighted by molar-refractivity contribution is 5.98. The lowest BCUT2D eigenvalue weighted by atomic mass is 9.98. The van der Waals surface area contributed by atoms with Crippen molar-refractivity contribution in [2.75, 3.05) is 0 Å². The number of fused-ring (bicyclic) bond motifs is 2. The Bertz CT molecular complexity index is 743. The molecule has 0 bridgehead atoms. The van der Waals surface area contributed by atoms with Crippen molar-refractivity contribution >= 4 is 21.5 Å². The Kier molecular flexibility index (Phi) is 3.06. The second-order valence-corrected chi connectivity index (χ2v) is 4.94. The standard InChI is InChI=1S/C18H17N/c1-2-5-18(19)16-9-8-15-10-13-6-3-4-7-14(13)11-17(15)12-16/h2-4,6-12,18H,1,5,19H2/t18-/m0/s1. The van der Waals surface area contributed by atoms with Gasteiger partial charge in [-0.25, -0.2) is 0 Å². The molecule has 0 aliphatic carbocycles. The molecule has 0 saturated heterocycles. The van der Waals surface area contributed by atoms with E-state index >= 15 is 0 Å². The van der Waals surface area contributed by atoms with E-state index in [-0.39, 0.29) is 6.04 Å². The van der Waals surface area contributed by atoms with Crippen molar-refractivity contribution in [3.05, 3.63) is 72.8 Å². The molecule has 1 heteroatoms. The van der Waals surface area contributed by atoms with Crippen molar-refractivity contribution in [1.29, 1.82) is 0 Å². The van der Waals surface area contributed by atoms with E-state index in [1.54, 1.807) is 0 Å². The average Bonchev–Trinajstić information content (AvgIpc) is 2.44. The maximum absolute atomic E-state index is 6.14. The van der Waals surface area contributed by atoms with Crippen LogP contribution in [0.5, 0.6) is 0 Å². The van der Waals surface area contributed by atoms with Gasteiger partial charge in [0.1, 0.15) is 0 Å². The molecule has 1 nitrogen and oxygen atoms in total. The van der Waals surface area contributed by atoms with Gasteiger partial charge >= 0.3 is 0 Å². The van der Waals surface area contributed by atoms with E-state index in [9.17, 15) is 0 Å². The minimum atomic E-state index is 0.0355. The molecule has 3 aromatic rings. The Balaban J connectivity index is 2.16. The summed E-state index contributed by atoms with van der Waals surface area (Å²) < 4.78 is 0. The molecule has 0 aliphatic rings. The van der Waals surface area contributed by atoms with Crippen molar-refractivity contribution in [3.8, 4) is 0 Å². The highest BCUT2D eigenvalue weighted by Gasteiger charge is 2.05. The van der Waals surface area contributed by atoms with E-state index in [1.165, 1.54) is 27.1 Å². The van der Waals surface area contributed by atoms with Crippen LogP contribution < -0.4 is 5.73 Å². The van der Waals surface area contributed by atoms with Gasteiger partial charge < -0.3 is 5.73 Å². The first kappa shape index (κ1) is 11.9. The number of rotatable bonds is 3. The molecule has 0 heterocycles. The van der Waals surface area contributed by atoms with Gasteiger partial charge in [-0.1, -0.05) is 42.5 Å². The van der Waals surface area contributed by atoms with E-state index in [4.69, 9.17) is 5.73 Å². The van der Waals surface area contributed by atoms with Gasteiger partial charge in [-0.15, -0.1) is 6.58 Å². The van der Waals surface area contributed by atoms with Crippen LogP contribution in [0.15, 0.2) is 67.3 Å². The zero-order valence-corrected chi connectivity index (χ0v) is 10.8. The number of hydrogen-bond acceptors (Lipinski definition) is 1. The molecule has 0 amide bonds. The van der Waals surface area contributed by atoms with Crippen molar-refractivity contribution in [3.63, 3.8) is 0 Å². The van der Waals surface area contributed by atoms with E-state index in [0.717, 1.165) is 6.42 Å². The van der Waals surface area contributed by atoms with Gasteiger partial charge in [0.2, 0.25) is 0 Å². The summed E-state index contributed by atoms with van der Waals surface area (Å²) in [5.41, 5.74) is 7.31. The van der Waals surface area contributed by atoms with E-state index in [0.29, 0.717) is 0 Å². The van der Waals surface area contributed by atoms with Crippen LogP contribution in [-0.2, 0) is 0 Å². The Morgan fingerprint density at radius 3 is 2.21 bits per heavy atom. The summed E-state index contributed by atoms with van der Waals surface area (Å²) in [6.45, 7) is 3.75. The first-order valence-electron chi connectivity index (χ1n) is 6.57. The molecule has 0 saturated carbocycles. The van der Waals surface area contributed by atoms with E-state index in [1.807, 2.05) is 6.08 Å². The minimum absolute atomic E-state index is 0.0355. The maximum atomic E-state index is 6.14. The molecule has 1 atom stereocenters. The van der Waals surface area contributed by atoms with Crippen LogP contribution >= 0.6 is 0 Å². The Morgan fingerprint density at radius 1 is 0.895 bits per heavy atom. The van der Waals surface area contributed by atoms with Gasteiger partial charge in [0.25, 0.3) is 0 Å². The number of benzene rings is 3. The highest BCUT2D eigenvalue weighted by atomic mass is 14.6. The zero-order valence-electron chi connectivity index (χ0n) is 10.8. The largest absolute Gasteiger partial charge is 0.324 e. The fraction of sp³-hybridized carbons (Fsp3) is 0.111. The lowest BCUT2D eigenvalue weighted by molar-refractivity contribution is 0.743. The van der Waals surface area contributed by atoms with Gasteiger partial charge in [0.05, 0.1) is 0 Å². The topological polar surface area (TPSA) is 26.0 Å². The normalized spacial score (nSPS) is 12.7. The summed E-state index contributed by atoms with van der Waals surface area (Å²) in [4.78, 5) is 0. The Hall–Kier alpha value is -2.12. The van der Waals surface area contributed by atoms with Crippen molar-refractivity contribution in [2.24, 2.45) is 5.73 Å². The van der Waals surface area contributed by atoms with E-state index < -0.39 is 0 Å². The second kappa shape index (κ2) is 4.87. The monoisotopic (exact) mass is 247 g/mol. The van der Waals surface area contributed by atoms with Crippen LogP contribution in [0.2, 0.25) is 0 Å². The molecule has 0 fully saturated rings. The fourth-order valence-electron chi connectivity index (χ4n) is 2.50. The summed E-state index contributed by atoms with van der Waals surface area (Å²) in [6, 6.07) is 19.4. The Labute approximate surface area is 113 Å². The molecule has 19 heavy (non-hydrogen) atoms. The third kappa shape index (κ3) is 2.25. The molecule has 0 aliphatic heterocycles. The molecule has 3 rings (SSSR count). The van der Waals surface area contributed by atoms with Crippen molar-refractivity contribution in [2.45, 2.75) is 12.5 Å². The molecule has 0 unspecified atom stereocenters. The molecular weight excluding hydrogens is 230 g/mol. The van der Waals surface area contributed by atoms with Crippen LogP contribution in [0.1, 0.15) is 18.0 Å². The molecule has 2 N–H and O–H groups in total. The van der Waals surface area contributed by atoms with Gasteiger partial charge in [0, 0.05) is 6.04 Å². The molecule has 0 aromatic heterocycles. The zero-order chi connectivity index (χ0) is 13.2. The van der Waals surface area contributed by atoms with Gasteiger partial charge in [-0.05, 0) is 51.7 Å². The average molecular weight is 247 g/mol. The first-order chi connectivity index (χ1) is 9.28. The van der Waals surface area contributed by atoms with Crippen molar-refractivity contribution in [1.82, 2.24) is 0 Å². The SMILES string of the molecule is C=CC[C@H](N)c1ccc2cc3ccccc3cc2c1. The third-order valence-electron chi connectivity index (χ3n) is 3.58. The maximum Gasteiger partial charge on any atom is 0.0329 e. The second-order valence-electron chi connectivity index (χ2n) is 4.94. The quantitative estimate of drug-likeness (QED) is 0.532. The first-order valence-corrected chi connectivity index (χ1v) is 6.57. The lowest BCUT2D eigenvalue weighted by Gasteiger charge is -2.11. The van der Waals surface area contributed by atoms with Gasteiger partial charge in [-0.2, -0.15) is 0 Å². The summed E-state index contributed by atoms with van der Waals surface area (Å²) in [6.07, 6.45) is 2.67.